The number of nitriles is 1. The topological polar surface area (TPSA) is 127 Å². The van der Waals surface area contributed by atoms with Crippen molar-refractivity contribution in [2.75, 3.05) is 23.3 Å². The molecular formula is C35H47BN9O2Si. The Morgan fingerprint density at radius 1 is 1.25 bits per heavy atom. The average Bonchev–Trinajstić information content (AvgIpc) is 3.70. The molecule has 0 bridgehead atoms. The van der Waals surface area contributed by atoms with E-state index in [0.29, 0.717) is 42.8 Å². The first-order chi connectivity index (χ1) is 22.7. The van der Waals surface area contributed by atoms with E-state index in [1.54, 1.807) is 12.5 Å². The molecule has 11 nitrogen and oxygen atoms in total. The van der Waals surface area contributed by atoms with E-state index < -0.39 is 13.7 Å². The SMILES string of the molecule is CC(C)CCc1c(Nc2nccc(-c3cc(C#N)c4c(c3)[C@@](C)(CO[Si](C)(C)C(C)(C)C)CN4[B]C=O)n2)cnn1Cc1cncn1C. The van der Waals surface area contributed by atoms with Crippen LogP contribution >= 0.6 is 0 Å². The Morgan fingerprint density at radius 3 is 2.67 bits per heavy atom. The molecule has 3 aromatic heterocycles. The predicted molar refractivity (Wildman–Crippen MR) is 194 cm³/mol. The number of hydrogen-bond donors (Lipinski definition) is 1. The lowest BCUT2D eigenvalue weighted by molar-refractivity contribution is 0.219. The molecule has 0 amide bonds. The molecule has 1 N–H and O–H groups in total. The molecule has 0 fully saturated rings. The Kier molecular flexibility index (Phi) is 9.99. The van der Waals surface area contributed by atoms with Crippen molar-refractivity contribution in [1.82, 2.24) is 29.3 Å². The molecule has 1 aliphatic rings. The van der Waals surface area contributed by atoms with Crippen LogP contribution in [0.1, 0.15) is 70.5 Å². The number of aryl methyl sites for hydroxylation is 1. The van der Waals surface area contributed by atoms with Crippen molar-refractivity contribution >= 4 is 39.2 Å². The van der Waals surface area contributed by atoms with Crippen LogP contribution in [0.15, 0.2) is 43.1 Å². The van der Waals surface area contributed by atoms with Gasteiger partial charge in [-0.05, 0) is 60.7 Å². The maximum absolute atomic E-state index is 11.7. The highest BCUT2D eigenvalue weighted by molar-refractivity contribution is 6.74. The van der Waals surface area contributed by atoms with Crippen LogP contribution in [0.2, 0.25) is 18.1 Å². The number of hydrogen-bond acceptors (Lipinski definition) is 9. The summed E-state index contributed by atoms with van der Waals surface area (Å²) >= 11 is 0. The molecular weight excluding hydrogens is 617 g/mol. The highest BCUT2D eigenvalue weighted by atomic mass is 28.4. The monoisotopic (exact) mass is 664 g/mol. The summed E-state index contributed by atoms with van der Waals surface area (Å²) in [5.41, 5.74) is 6.23. The standard InChI is InChI=1S/C35H47BN9O2Si/c1-24(2)10-11-31-30(18-40-45(31)19-27-17-38-23-43(27)7)42-33-39-13-12-29(41-33)25-14-26(16-37)32-28(15-25)35(6,20-44(32)36-22-46)21-47-48(8,9)34(3,4)5/h12-15,17-18,22-24H,10-11,19-21H2,1-9H3,(H,39,41,42)/t35-/m1/s1. The molecule has 1 aliphatic heterocycles. The number of benzene rings is 1. The number of carbonyl (C=O) groups is 1. The molecule has 13 heteroatoms. The summed E-state index contributed by atoms with van der Waals surface area (Å²) in [5, 5.41) is 18.5. The third-order valence-electron chi connectivity index (χ3n) is 9.82. The highest BCUT2D eigenvalue weighted by Gasteiger charge is 2.44. The van der Waals surface area contributed by atoms with Crippen LogP contribution in [-0.2, 0) is 34.6 Å². The van der Waals surface area contributed by atoms with Gasteiger partial charge >= 0.3 is 7.41 Å². The fourth-order valence-electron chi connectivity index (χ4n) is 5.79. The van der Waals surface area contributed by atoms with Gasteiger partial charge in [-0.25, -0.2) is 15.0 Å². The fraction of sp³-hybridized carbons (Fsp3) is 0.486. The van der Waals surface area contributed by atoms with Gasteiger partial charge in [-0.15, -0.1) is 0 Å². The van der Waals surface area contributed by atoms with E-state index in [1.165, 1.54) is 7.41 Å². The predicted octanol–water partition coefficient (Wildman–Crippen LogP) is 6.23. The second kappa shape index (κ2) is 13.7. The molecule has 0 saturated heterocycles. The highest BCUT2D eigenvalue weighted by Crippen LogP contribution is 2.46. The number of nitrogens with one attached hydrogen (secondary N) is 1. The van der Waals surface area contributed by atoms with Crippen molar-refractivity contribution in [1.29, 1.82) is 5.26 Å². The number of nitrogens with zero attached hydrogens (tertiary/aromatic N) is 8. The van der Waals surface area contributed by atoms with Gasteiger partial charge in [0.25, 0.3) is 0 Å². The van der Waals surface area contributed by atoms with E-state index in [4.69, 9.17) is 14.5 Å². The zero-order chi connectivity index (χ0) is 34.9. The minimum absolute atomic E-state index is 0.0487. The Labute approximate surface area is 286 Å². The first kappa shape index (κ1) is 35.0. The van der Waals surface area contributed by atoms with Crippen molar-refractivity contribution in [3.8, 4) is 17.3 Å². The number of fused-ring (bicyclic) bond motifs is 1. The van der Waals surface area contributed by atoms with Gasteiger partial charge in [0.1, 0.15) is 12.3 Å². The molecule has 0 aliphatic carbocycles. The second-order valence-electron chi connectivity index (χ2n) is 15.0. The molecule has 0 saturated carbocycles. The van der Waals surface area contributed by atoms with Crippen LogP contribution in [0.5, 0.6) is 0 Å². The summed E-state index contributed by atoms with van der Waals surface area (Å²) in [4.78, 5) is 27.3. The van der Waals surface area contributed by atoms with Gasteiger partial charge in [-0.2, -0.15) is 10.4 Å². The zero-order valence-electron chi connectivity index (χ0n) is 29.7. The van der Waals surface area contributed by atoms with Crippen LogP contribution in [0, 0.1) is 17.2 Å². The van der Waals surface area contributed by atoms with Gasteiger partial charge < -0.3 is 23.9 Å². The van der Waals surface area contributed by atoms with Gasteiger partial charge in [0, 0.05) is 43.1 Å². The number of imidazole rings is 1. The molecule has 0 spiro atoms. The first-order valence-electron chi connectivity index (χ1n) is 16.5. The number of aromatic nitrogens is 6. The van der Waals surface area contributed by atoms with Crippen LogP contribution in [-0.4, -0.2) is 64.4 Å². The largest absolute Gasteiger partial charge is 0.416 e. The number of carbonyl (C=O) groups excluding carboxylic acids is 1. The van der Waals surface area contributed by atoms with Crippen molar-refractivity contribution in [3.05, 3.63) is 65.6 Å². The van der Waals surface area contributed by atoms with Gasteiger partial charge in [-0.1, -0.05) is 41.5 Å². The van der Waals surface area contributed by atoms with E-state index in [0.717, 1.165) is 52.9 Å². The Bertz CT molecular complexity index is 1820. The third-order valence-corrected chi connectivity index (χ3v) is 14.3. The molecule has 48 heavy (non-hydrogen) atoms. The summed E-state index contributed by atoms with van der Waals surface area (Å²) in [6.07, 6.45) is 9.84. The lowest BCUT2D eigenvalue weighted by Gasteiger charge is -2.39. The van der Waals surface area contributed by atoms with Crippen LogP contribution in [0.3, 0.4) is 0 Å². The van der Waals surface area contributed by atoms with E-state index in [1.807, 2.05) is 45.6 Å². The van der Waals surface area contributed by atoms with Gasteiger partial charge in [0.15, 0.2) is 8.32 Å². The van der Waals surface area contributed by atoms with Crippen molar-refractivity contribution < 1.29 is 9.22 Å². The molecule has 0 unspecified atom stereocenters. The third kappa shape index (κ3) is 7.24. The minimum atomic E-state index is -2.07. The summed E-state index contributed by atoms with van der Waals surface area (Å²) in [7, 11) is 1.43. The quantitative estimate of drug-likeness (QED) is 0.131. The van der Waals surface area contributed by atoms with E-state index >= 15 is 0 Å². The Balaban J connectivity index is 1.49. The van der Waals surface area contributed by atoms with E-state index in [-0.39, 0.29) is 5.04 Å². The minimum Gasteiger partial charge on any atom is -0.416 e. The molecule has 4 aromatic rings. The van der Waals surface area contributed by atoms with Crippen molar-refractivity contribution in [2.24, 2.45) is 13.0 Å². The Hall–Kier alpha value is -4.28. The summed E-state index contributed by atoms with van der Waals surface area (Å²) in [6, 6.07) is 8.18. The maximum atomic E-state index is 11.7. The van der Waals surface area contributed by atoms with Crippen LogP contribution in [0.4, 0.5) is 17.3 Å². The molecule has 251 valence electrons. The van der Waals surface area contributed by atoms with Crippen LogP contribution < -0.4 is 10.1 Å². The molecule has 1 radical (unpaired) electrons. The van der Waals surface area contributed by atoms with Gasteiger partial charge in [-0.3, -0.25) is 4.68 Å². The van der Waals surface area contributed by atoms with E-state index in [2.05, 4.69) is 82.1 Å². The number of anilines is 3. The Morgan fingerprint density at radius 2 is 2.02 bits per heavy atom. The maximum Gasteiger partial charge on any atom is 0.329 e. The number of rotatable bonds is 13. The van der Waals surface area contributed by atoms with Crippen molar-refractivity contribution in [2.45, 2.75) is 84.5 Å². The summed E-state index contributed by atoms with van der Waals surface area (Å²) < 4.78 is 10.7. The van der Waals surface area contributed by atoms with Gasteiger partial charge in [0.2, 0.25) is 5.95 Å². The lowest BCUT2D eigenvalue weighted by Crippen LogP contribution is -2.46. The van der Waals surface area contributed by atoms with Gasteiger partial charge in [0.05, 0.1) is 53.6 Å². The molecule has 1 aromatic carbocycles. The lowest BCUT2D eigenvalue weighted by atomic mass is 9.83. The second-order valence-corrected chi connectivity index (χ2v) is 19.8. The molecule has 1 atom stereocenters. The van der Waals surface area contributed by atoms with Crippen LogP contribution in [0.25, 0.3) is 11.3 Å². The smallest absolute Gasteiger partial charge is 0.329 e. The summed E-state index contributed by atoms with van der Waals surface area (Å²) in [6.45, 7) is 19.4. The average molecular weight is 665 g/mol. The zero-order valence-corrected chi connectivity index (χ0v) is 30.7. The first-order valence-corrected chi connectivity index (χ1v) is 19.4. The summed E-state index contributed by atoms with van der Waals surface area (Å²) in [5.74, 6) is 0.974. The van der Waals surface area contributed by atoms with E-state index in [9.17, 15) is 10.1 Å². The molecule has 5 rings (SSSR count). The van der Waals surface area contributed by atoms with Crippen molar-refractivity contribution in [3.63, 3.8) is 0 Å². The molecule has 4 heterocycles. The fourth-order valence-corrected chi connectivity index (χ4v) is 6.90. The normalized spacial score (nSPS) is 16.2.